The van der Waals surface area contributed by atoms with Gasteiger partial charge in [-0.15, -0.1) is 0 Å². The normalized spacial score (nSPS) is 14.5. The van der Waals surface area contributed by atoms with Crippen LogP contribution in [0, 0.1) is 0 Å². The maximum atomic E-state index is 7.24. The molecule has 0 unspecified atom stereocenters. The molecule has 6 aromatic rings. The van der Waals surface area contributed by atoms with Crippen LogP contribution in [0.3, 0.4) is 0 Å². The Bertz CT molecular complexity index is 2330. The molecule has 50 heavy (non-hydrogen) atoms. The molecule has 0 N–H and O–H groups in total. The van der Waals surface area contributed by atoms with Crippen LogP contribution in [0.2, 0.25) is 0 Å². The van der Waals surface area contributed by atoms with E-state index in [1.807, 2.05) is 0 Å². The van der Waals surface area contributed by atoms with Crippen molar-refractivity contribution in [3.8, 4) is 16.9 Å². The van der Waals surface area contributed by atoms with E-state index in [9.17, 15) is 0 Å². The molecule has 8 rings (SSSR count). The van der Waals surface area contributed by atoms with Gasteiger partial charge in [-0.2, -0.15) is 0 Å². The number of hydrogen-bond acceptors (Lipinski definition) is 3. The van der Waals surface area contributed by atoms with Crippen LogP contribution in [0.5, 0.6) is 5.75 Å². The molecule has 254 valence electrons. The zero-order valence-electron chi connectivity index (χ0n) is 31.9. The molecule has 2 aliphatic heterocycles. The Morgan fingerprint density at radius 1 is 0.520 bits per heavy atom. The molecule has 0 saturated carbocycles. The quantitative estimate of drug-likeness (QED) is 0.164. The second kappa shape index (κ2) is 10.5. The van der Waals surface area contributed by atoms with Crippen molar-refractivity contribution in [2.45, 2.75) is 105 Å². The van der Waals surface area contributed by atoms with E-state index in [4.69, 9.17) is 9.07 Å². The summed E-state index contributed by atoms with van der Waals surface area (Å²) in [5.74, 6) is 0.916. The van der Waals surface area contributed by atoms with Crippen LogP contribution in [0.15, 0.2) is 89.3 Å². The van der Waals surface area contributed by atoms with E-state index in [2.05, 4.69) is 173 Å². The van der Waals surface area contributed by atoms with Gasteiger partial charge in [0.2, 0.25) is 0 Å². The topological polar surface area (TPSA) is 25.6 Å². The largest absolute Gasteiger partial charge is 0.551 e. The predicted molar refractivity (Wildman–Crippen MR) is 214 cm³/mol. The van der Waals surface area contributed by atoms with Crippen molar-refractivity contribution >= 4 is 56.8 Å². The van der Waals surface area contributed by atoms with Gasteiger partial charge in [0.15, 0.2) is 0 Å². The highest BCUT2D eigenvalue weighted by Crippen LogP contribution is 2.49. The average Bonchev–Trinajstić information content (AvgIpc) is 3.40. The molecule has 4 heteroatoms. The fourth-order valence-electron chi connectivity index (χ4n) is 7.75. The zero-order chi connectivity index (χ0) is 35.7. The molecule has 5 aromatic carbocycles. The van der Waals surface area contributed by atoms with Crippen molar-refractivity contribution in [3.63, 3.8) is 0 Å². The molecule has 3 nitrogen and oxygen atoms in total. The summed E-state index contributed by atoms with van der Waals surface area (Å²) in [6.07, 6.45) is 0. The molecular weight excluding hydrogens is 609 g/mol. The first kappa shape index (κ1) is 32.8. The van der Waals surface area contributed by atoms with Gasteiger partial charge >= 0.3 is 6.92 Å². The molecule has 0 spiro atoms. The number of hydrogen-bond donors (Lipinski definition) is 0. The number of rotatable bonds is 1. The van der Waals surface area contributed by atoms with Gasteiger partial charge in [0, 0.05) is 44.4 Å². The van der Waals surface area contributed by atoms with Gasteiger partial charge < -0.3 is 14.0 Å². The molecule has 0 aliphatic carbocycles. The number of fused-ring (bicyclic) bond motifs is 8. The molecule has 3 heterocycles. The van der Waals surface area contributed by atoms with Crippen LogP contribution in [0.4, 0.5) is 17.1 Å². The Morgan fingerprint density at radius 2 is 1.08 bits per heavy atom. The molecule has 1 aromatic heterocycles. The smallest absolute Gasteiger partial charge is 0.431 e. The third-order valence-electron chi connectivity index (χ3n) is 10.9. The lowest BCUT2D eigenvalue weighted by Gasteiger charge is -2.40. The first-order chi connectivity index (χ1) is 23.3. The summed E-state index contributed by atoms with van der Waals surface area (Å²) in [4.78, 5) is 2.47. The third-order valence-corrected chi connectivity index (χ3v) is 10.9. The number of benzene rings is 5. The summed E-state index contributed by atoms with van der Waals surface area (Å²) in [5, 5.41) is 2.29. The van der Waals surface area contributed by atoms with Gasteiger partial charge in [-0.3, -0.25) is 0 Å². The minimum absolute atomic E-state index is 0.0136. The van der Waals surface area contributed by atoms with E-state index >= 15 is 0 Å². The minimum Gasteiger partial charge on any atom is -0.551 e. The van der Waals surface area contributed by atoms with E-state index in [1.54, 1.807) is 0 Å². The lowest BCUT2D eigenvalue weighted by molar-refractivity contribution is 0.564. The van der Waals surface area contributed by atoms with Crippen molar-refractivity contribution in [2.75, 3.05) is 4.90 Å². The summed E-state index contributed by atoms with van der Waals surface area (Å²) in [5.41, 5.74) is 15.1. The van der Waals surface area contributed by atoms with E-state index in [0.717, 1.165) is 55.9 Å². The Morgan fingerprint density at radius 3 is 1.72 bits per heavy atom. The number of anilines is 3. The highest BCUT2D eigenvalue weighted by molar-refractivity contribution is 6.86. The summed E-state index contributed by atoms with van der Waals surface area (Å²) in [7, 11) is 0. The Balaban J connectivity index is 1.50. The minimum atomic E-state index is -0.284. The molecule has 0 radical (unpaired) electrons. The fourth-order valence-corrected chi connectivity index (χ4v) is 7.75. The first-order valence-electron chi connectivity index (χ1n) is 18.2. The zero-order valence-corrected chi connectivity index (χ0v) is 31.9. The van der Waals surface area contributed by atoms with Crippen LogP contribution in [-0.2, 0) is 21.7 Å². The van der Waals surface area contributed by atoms with Crippen LogP contribution >= 0.6 is 0 Å². The molecule has 0 atom stereocenters. The van der Waals surface area contributed by atoms with E-state index in [1.165, 1.54) is 33.2 Å². The molecule has 0 amide bonds. The van der Waals surface area contributed by atoms with Crippen LogP contribution < -0.4 is 20.5 Å². The second-order valence-corrected chi connectivity index (χ2v) is 18.7. The third kappa shape index (κ3) is 5.09. The van der Waals surface area contributed by atoms with Gasteiger partial charge in [0.1, 0.15) is 16.9 Å². The average molecular weight is 660 g/mol. The van der Waals surface area contributed by atoms with Gasteiger partial charge in [-0.05, 0) is 91.8 Å². The Kier molecular flexibility index (Phi) is 6.91. The van der Waals surface area contributed by atoms with E-state index in [-0.39, 0.29) is 28.6 Å². The van der Waals surface area contributed by atoms with Gasteiger partial charge in [0.25, 0.3) is 0 Å². The van der Waals surface area contributed by atoms with Gasteiger partial charge in [-0.1, -0.05) is 126 Å². The van der Waals surface area contributed by atoms with Crippen LogP contribution in [0.1, 0.15) is 105 Å². The number of nitrogens with zero attached hydrogens (tertiary/aromatic N) is 1. The van der Waals surface area contributed by atoms with Crippen LogP contribution in [-0.4, -0.2) is 6.92 Å². The van der Waals surface area contributed by atoms with Crippen LogP contribution in [0.25, 0.3) is 33.1 Å². The highest BCUT2D eigenvalue weighted by atomic mass is 16.4. The van der Waals surface area contributed by atoms with Crippen molar-refractivity contribution < 1.29 is 9.07 Å². The Labute approximate surface area is 298 Å². The fraction of sp³-hybridized carbons (Fsp3) is 0.348. The number of furan rings is 1. The SMILES string of the molecule is CC(C)(C)c1ccc(N2c3ccc(C(C)(C)C)cc3B3Oc4cc(C(C)(C)C)ccc4-c4c3c2cc2c4oc3ccc(C(C)(C)C)cc32)cc1. The summed E-state index contributed by atoms with van der Waals surface area (Å²) in [6, 6.07) is 32.1. The molecule has 0 fully saturated rings. The van der Waals surface area contributed by atoms with E-state index < -0.39 is 0 Å². The van der Waals surface area contributed by atoms with Gasteiger partial charge in [0.05, 0.1) is 0 Å². The molecule has 0 bridgehead atoms. The second-order valence-electron chi connectivity index (χ2n) is 18.7. The lowest BCUT2D eigenvalue weighted by atomic mass is 9.49. The van der Waals surface area contributed by atoms with Crippen molar-refractivity contribution in [2.24, 2.45) is 0 Å². The Hall–Kier alpha value is -4.44. The maximum Gasteiger partial charge on any atom is 0.431 e. The maximum absolute atomic E-state index is 7.24. The standard InChI is InChI=1S/C46H50BNO2/c1-43(2,3)27-13-18-31(19-14-27)48-36-21-16-29(45(7,8)9)24-35(36)47-41-37(48)26-34-33-23-28(44(4,5)6)17-22-38(33)49-42(34)40(41)32-20-15-30(46(10,11)12)25-39(32)50-47/h13-26H,1-12H3. The van der Waals surface area contributed by atoms with Crippen molar-refractivity contribution in [1.82, 2.24) is 0 Å². The molecular formula is C46H50BNO2. The first-order valence-corrected chi connectivity index (χ1v) is 18.2. The predicted octanol–water partition coefficient (Wildman–Crippen LogP) is 11.7. The summed E-state index contributed by atoms with van der Waals surface area (Å²) < 4.78 is 14.2. The highest BCUT2D eigenvalue weighted by Gasteiger charge is 2.45. The molecule has 0 saturated heterocycles. The van der Waals surface area contributed by atoms with Gasteiger partial charge in [-0.25, -0.2) is 0 Å². The van der Waals surface area contributed by atoms with Crippen molar-refractivity contribution in [3.05, 3.63) is 107 Å². The van der Waals surface area contributed by atoms with Crippen molar-refractivity contribution in [1.29, 1.82) is 0 Å². The monoisotopic (exact) mass is 659 g/mol. The molecule has 2 aliphatic rings. The van der Waals surface area contributed by atoms with E-state index in [0.29, 0.717) is 0 Å². The summed E-state index contributed by atoms with van der Waals surface area (Å²) in [6.45, 7) is 27.0. The summed E-state index contributed by atoms with van der Waals surface area (Å²) >= 11 is 0. The lowest BCUT2D eigenvalue weighted by Crippen LogP contribution is -2.56.